The molecule has 1 amide bonds. The second kappa shape index (κ2) is 5.01. The van der Waals surface area contributed by atoms with Gasteiger partial charge >= 0.3 is 0 Å². The van der Waals surface area contributed by atoms with Gasteiger partial charge in [0.1, 0.15) is 0 Å². The Morgan fingerprint density at radius 1 is 1.21 bits per heavy atom. The lowest BCUT2D eigenvalue weighted by molar-refractivity contribution is -0.128. The molecule has 2 nitrogen and oxygen atoms in total. The molecule has 0 aromatic carbocycles. The van der Waals surface area contributed by atoms with Gasteiger partial charge < -0.3 is 5.32 Å². The molecule has 0 radical (unpaired) electrons. The van der Waals surface area contributed by atoms with Crippen LogP contribution >= 0.6 is 11.6 Å². The van der Waals surface area contributed by atoms with Crippen molar-refractivity contribution in [2.45, 2.75) is 41.0 Å². The zero-order valence-electron chi connectivity index (χ0n) is 9.91. The molecule has 0 fully saturated rings. The smallest absolute Gasteiger partial charge is 0.226 e. The average Bonchev–Trinajstić information content (AvgIpc) is 2.02. The summed E-state index contributed by atoms with van der Waals surface area (Å²) in [5.74, 6) is 0.394. The molecule has 3 heteroatoms. The minimum atomic E-state index is -0.459. The third-order valence-corrected chi connectivity index (χ3v) is 2.78. The van der Waals surface area contributed by atoms with Gasteiger partial charge in [0.2, 0.25) is 5.91 Å². The van der Waals surface area contributed by atoms with Crippen LogP contribution in [0.3, 0.4) is 0 Å². The Morgan fingerprint density at radius 2 is 1.71 bits per heavy atom. The zero-order valence-corrected chi connectivity index (χ0v) is 10.7. The van der Waals surface area contributed by atoms with Crippen molar-refractivity contribution in [3.8, 4) is 0 Å². The Morgan fingerprint density at radius 3 is 2.07 bits per heavy atom. The van der Waals surface area contributed by atoms with Gasteiger partial charge in [-0.3, -0.25) is 4.79 Å². The molecule has 0 aromatic heterocycles. The highest BCUT2D eigenvalue weighted by Crippen LogP contribution is 2.19. The van der Waals surface area contributed by atoms with Crippen molar-refractivity contribution < 1.29 is 4.79 Å². The predicted octanol–water partition coefficient (Wildman–Crippen LogP) is 2.80. The molecule has 0 aliphatic carbocycles. The maximum atomic E-state index is 11.6. The highest BCUT2D eigenvalue weighted by Gasteiger charge is 2.26. The summed E-state index contributed by atoms with van der Waals surface area (Å²) >= 11 is 5.70. The van der Waals surface area contributed by atoms with E-state index in [1.54, 1.807) is 0 Å². The molecular formula is C11H22ClNO. The van der Waals surface area contributed by atoms with Crippen LogP contribution in [0.1, 0.15) is 41.0 Å². The Hall–Kier alpha value is -0.240. The van der Waals surface area contributed by atoms with E-state index in [9.17, 15) is 4.79 Å². The Kier molecular flexibility index (Phi) is 4.93. The monoisotopic (exact) mass is 219 g/mol. The van der Waals surface area contributed by atoms with Gasteiger partial charge in [-0.1, -0.05) is 20.8 Å². The quantitative estimate of drug-likeness (QED) is 0.724. The predicted molar refractivity (Wildman–Crippen MR) is 61.6 cm³/mol. The van der Waals surface area contributed by atoms with Gasteiger partial charge in [0.15, 0.2) is 0 Å². The van der Waals surface area contributed by atoms with Crippen molar-refractivity contribution >= 4 is 17.5 Å². The number of amides is 1. The fourth-order valence-electron chi connectivity index (χ4n) is 0.851. The van der Waals surface area contributed by atoms with Crippen molar-refractivity contribution in [3.05, 3.63) is 0 Å². The van der Waals surface area contributed by atoms with Crippen LogP contribution in [0, 0.1) is 10.8 Å². The molecule has 0 aliphatic heterocycles. The van der Waals surface area contributed by atoms with Crippen molar-refractivity contribution in [2.24, 2.45) is 10.8 Å². The highest BCUT2D eigenvalue weighted by atomic mass is 35.5. The largest absolute Gasteiger partial charge is 0.356 e. The summed E-state index contributed by atoms with van der Waals surface area (Å²) in [6.45, 7) is 10.9. The van der Waals surface area contributed by atoms with Crippen molar-refractivity contribution in [2.75, 3.05) is 12.4 Å². The summed E-state index contributed by atoms with van der Waals surface area (Å²) in [4.78, 5) is 11.6. The van der Waals surface area contributed by atoms with Crippen LogP contribution in [0.4, 0.5) is 0 Å². The van der Waals surface area contributed by atoms with Gasteiger partial charge in [-0.2, -0.15) is 0 Å². The number of halogens is 1. The molecule has 84 valence electrons. The first kappa shape index (κ1) is 13.8. The first-order valence-corrected chi connectivity index (χ1v) is 5.57. The van der Waals surface area contributed by atoms with Gasteiger partial charge in [-0.15, -0.1) is 11.6 Å². The maximum absolute atomic E-state index is 11.6. The summed E-state index contributed by atoms with van der Waals surface area (Å²) in [5.41, 5.74) is -0.197. The Balaban J connectivity index is 3.87. The average molecular weight is 220 g/mol. The SMILES string of the molecule is CC(C)(C)CCNC(=O)C(C)(C)CCl. The number of hydrogen-bond acceptors (Lipinski definition) is 1. The molecule has 0 saturated carbocycles. The van der Waals surface area contributed by atoms with Crippen LogP contribution in [-0.4, -0.2) is 18.3 Å². The van der Waals surface area contributed by atoms with E-state index in [2.05, 4.69) is 26.1 Å². The van der Waals surface area contributed by atoms with Crippen LogP contribution in [0.2, 0.25) is 0 Å². The lowest BCUT2D eigenvalue weighted by atomic mass is 9.91. The van der Waals surface area contributed by atoms with Gasteiger partial charge in [0.05, 0.1) is 5.41 Å². The number of rotatable bonds is 4. The standard InChI is InChI=1S/C11H22ClNO/c1-10(2,3)6-7-13-9(14)11(4,5)8-12/h6-8H2,1-5H3,(H,13,14). The van der Waals surface area contributed by atoms with Gasteiger partial charge in [-0.05, 0) is 25.7 Å². The molecule has 1 N–H and O–H groups in total. The van der Waals surface area contributed by atoms with E-state index >= 15 is 0 Å². The first-order valence-electron chi connectivity index (χ1n) is 5.03. The molecule has 0 aromatic rings. The van der Waals surface area contributed by atoms with Crippen LogP contribution < -0.4 is 5.32 Å². The maximum Gasteiger partial charge on any atom is 0.226 e. The number of carbonyl (C=O) groups is 1. The van der Waals surface area contributed by atoms with Gasteiger partial charge in [-0.25, -0.2) is 0 Å². The minimum Gasteiger partial charge on any atom is -0.356 e. The number of hydrogen-bond donors (Lipinski definition) is 1. The number of nitrogens with one attached hydrogen (secondary N) is 1. The lowest BCUT2D eigenvalue weighted by Crippen LogP contribution is -2.39. The van der Waals surface area contributed by atoms with Crippen LogP contribution in [0.25, 0.3) is 0 Å². The van der Waals surface area contributed by atoms with E-state index in [1.165, 1.54) is 0 Å². The molecule has 14 heavy (non-hydrogen) atoms. The minimum absolute atomic E-state index is 0.0387. The van der Waals surface area contributed by atoms with E-state index in [-0.39, 0.29) is 11.3 Å². The van der Waals surface area contributed by atoms with Crippen LogP contribution in [0.15, 0.2) is 0 Å². The first-order chi connectivity index (χ1) is 6.19. The molecule has 0 atom stereocenters. The van der Waals surface area contributed by atoms with Gasteiger partial charge in [0, 0.05) is 12.4 Å². The molecular weight excluding hydrogens is 198 g/mol. The van der Waals surface area contributed by atoms with Gasteiger partial charge in [0.25, 0.3) is 0 Å². The molecule has 0 heterocycles. The molecule has 0 saturated heterocycles. The van der Waals surface area contributed by atoms with Crippen molar-refractivity contribution in [1.82, 2.24) is 5.32 Å². The summed E-state index contributed by atoms with van der Waals surface area (Å²) < 4.78 is 0. The molecule has 0 rings (SSSR count). The van der Waals surface area contributed by atoms with E-state index in [4.69, 9.17) is 11.6 Å². The van der Waals surface area contributed by atoms with E-state index in [0.717, 1.165) is 13.0 Å². The zero-order chi connectivity index (χ0) is 11.4. The lowest BCUT2D eigenvalue weighted by Gasteiger charge is -2.23. The number of carbonyl (C=O) groups excluding carboxylic acids is 1. The summed E-state index contributed by atoms with van der Waals surface area (Å²) in [5, 5.41) is 2.91. The third-order valence-electron chi connectivity index (χ3n) is 2.11. The van der Waals surface area contributed by atoms with E-state index in [1.807, 2.05) is 13.8 Å². The topological polar surface area (TPSA) is 29.1 Å². The number of alkyl halides is 1. The molecule has 0 aliphatic rings. The fourth-order valence-corrected chi connectivity index (χ4v) is 0.972. The Labute approximate surface area is 92.4 Å². The second-order valence-electron chi connectivity index (χ2n) is 5.58. The molecule has 0 unspecified atom stereocenters. The summed E-state index contributed by atoms with van der Waals surface area (Å²) in [6, 6.07) is 0. The second-order valence-corrected chi connectivity index (χ2v) is 5.85. The Bertz CT molecular complexity index is 194. The van der Waals surface area contributed by atoms with Crippen molar-refractivity contribution in [1.29, 1.82) is 0 Å². The van der Waals surface area contributed by atoms with Crippen LogP contribution in [-0.2, 0) is 4.79 Å². The van der Waals surface area contributed by atoms with Crippen molar-refractivity contribution in [3.63, 3.8) is 0 Å². The summed E-state index contributed by atoms with van der Waals surface area (Å²) in [7, 11) is 0. The fraction of sp³-hybridized carbons (Fsp3) is 0.909. The third kappa shape index (κ3) is 5.48. The van der Waals surface area contributed by atoms with E-state index < -0.39 is 5.41 Å². The van der Waals surface area contributed by atoms with Crippen LogP contribution in [0.5, 0.6) is 0 Å². The molecule has 0 bridgehead atoms. The van der Waals surface area contributed by atoms with E-state index in [0.29, 0.717) is 5.88 Å². The normalized spacial score (nSPS) is 12.7. The summed E-state index contributed by atoms with van der Waals surface area (Å²) in [6.07, 6.45) is 0.983. The highest BCUT2D eigenvalue weighted by molar-refractivity contribution is 6.19. The molecule has 0 spiro atoms.